The first-order chi connectivity index (χ1) is 40.8. The van der Waals surface area contributed by atoms with Crippen molar-refractivity contribution >= 4 is 95.4 Å². The van der Waals surface area contributed by atoms with Gasteiger partial charge < -0.3 is 38.9 Å². The summed E-state index contributed by atoms with van der Waals surface area (Å²) >= 11 is 0. The first-order valence-electron chi connectivity index (χ1n) is 27.9. The highest BCUT2D eigenvalue weighted by atomic mass is 32.3. The number of hydrogen-bond donors (Lipinski definition) is 4. The van der Waals surface area contributed by atoms with Gasteiger partial charge in [-0.05, 0) is 111 Å². The van der Waals surface area contributed by atoms with Gasteiger partial charge in [-0.1, -0.05) is 48.9 Å². The van der Waals surface area contributed by atoms with E-state index in [9.17, 15) is 46.2 Å². The molecule has 1 atom stereocenters. The second-order valence-electron chi connectivity index (χ2n) is 21.5. The van der Waals surface area contributed by atoms with E-state index in [0.717, 1.165) is 70.0 Å². The van der Waals surface area contributed by atoms with Gasteiger partial charge in [-0.15, -0.1) is 3.89 Å². The van der Waals surface area contributed by atoms with E-state index in [1.54, 1.807) is 12.1 Å². The molecule has 18 nitrogen and oxygen atoms in total. The van der Waals surface area contributed by atoms with Gasteiger partial charge in [0.15, 0.2) is 0 Å². The van der Waals surface area contributed by atoms with Crippen molar-refractivity contribution in [3.8, 4) is 22.5 Å². The Hall–Kier alpha value is -9.69. The number of amides is 4. The number of fused-ring (bicyclic) bond motifs is 4. The number of nitrogens with one attached hydrogen (secondary N) is 3. The van der Waals surface area contributed by atoms with Crippen LogP contribution in [0.1, 0.15) is 87.1 Å². The summed E-state index contributed by atoms with van der Waals surface area (Å²) in [6.07, 6.45) is 7.26. The summed E-state index contributed by atoms with van der Waals surface area (Å²) in [6.45, 7) is 0.786. The number of anilines is 1. The molecule has 10 rings (SSSR count). The van der Waals surface area contributed by atoms with Crippen molar-refractivity contribution in [2.45, 2.75) is 62.4 Å². The molecule has 0 saturated carbocycles. The highest BCUT2D eigenvalue weighted by Gasteiger charge is 2.35. The maximum absolute atomic E-state index is 13.7. The maximum atomic E-state index is 13.7. The molecule has 5 aromatic carbocycles. The van der Waals surface area contributed by atoms with E-state index in [0.29, 0.717) is 87.9 Å². The number of para-hydroxylation sites is 2. The van der Waals surface area contributed by atoms with E-state index in [-0.39, 0.29) is 36.3 Å². The number of unbranched alkanes of at least 4 members (excludes halogenated alkanes) is 4. The molecular weight excluding hydrogens is 1110 g/mol. The van der Waals surface area contributed by atoms with Crippen molar-refractivity contribution in [1.29, 1.82) is 0 Å². The Morgan fingerprint density at radius 3 is 2.07 bits per heavy atom. The molecule has 7 aromatic rings. The first kappa shape index (κ1) is 58.5. The minimum absolute atomic E-state index is 0.0191. The molecule has 2 aliphatic heterocycles. The van der Waals surface area contributed by atoms with Crippen LogP contribution in [0.15, 0.2) is 149 Å². The fourth-order valence-corrected chi connectivity index (χ4v) is 11.4. The molecule has 0 fully saturated rings. The number of carboxylic acids is 1. The number of halogens is 1. The topological polar surface area (TPSA) is 231 Å². The predicted molar refractivity (Wildman–Crippen MR) is 323 cm³/mol. The Kier molecular flexibility index (Phi) is 17.0. The lowest BCUT2D eigenvalue weighted by molar-refractivity contribution is -0.146. The van der Waals surface area contributed by atoms with Crippen molar-refractivity contribution in [1.82, 2.24) is 29.7 Å². The Morgan fingerprint density at radius 1 is 0.718 bits per heavy atom. The number of carboxylic acid groups (broad SMARTS) is 1. The molecule has 436 valence electrons. The molecule has 0 saturated heterocycles. The van der Waals surface area contributed by atoms with Crippen molar-refractivity contribution in [3.63, 3.8) is 0 Å². The Balaban J connectivity index is 0.770. The highest BCUT2D eigenvalue weighted by Crippen LogP contribution is 2.43. The molecule has 4 amide bonds. The second kappa shape index (κ2) is 24.6. The molecule has 1 aliphatic carbocycles. The summed E-state index contributed by atoms with van der Waals surface area (Å²) in [5.41, 5.74) is 6.99. The summed E-state index contributed by atoms with van der Waals surface area (Å²) in [5, 5.41) is 21.9. The van der Waals surface area contributed by atoms with Crippen LogP contribution in [0.3, 0.4) is 0 Å². The molecule has 85 heavy (non-hydrogen) atoms. The number of aryl methyl sites for hydroxylation is 2. The van der Waals surface area contributed by atoms with Crippen LogP contribution >= 0.6 is 0 Å². The van der Waals surface area contributed by atoms with Gasteiger partial charge >= 0.3 is 22.2 Å². The van der Waals surface area contributed by atoms with Gasteiger partial charge in [0.25, 0.3) is 23.6 Å². The molecule has 1 unspecified atom stereocenters. The zero-order valence-electron chi connectivity index (χ0n) is 47.5. The van der Waals surface area contributed by atoms with Crippen LogP contribution in [-0.2, 0) is 42.9 Å². The lowest BCUT2D eigenvalue weighted by Gasteiger charge is -2.19. The number of carbonyl (C=O) groups excluding carboxylic acids is 5. The standard InChI is InChI=1S/C65H62FN7O11S/c1-70(2)41-24-29-47-55(35-41)84-56-36-42(71(3)4)25-30-48(56)57(47)46-28-23-40(34-49(46)64(78)79)60(74)67-31-13-12-18-52(68-61(75)39-21-26-43(27-22-39)85(66,81)82)65(80)83-33-15-7-6-14-32-73-38-51(45-17-9-11-20-54(45)73)59-58(62(76)69-63(59)77)50-37-72(5)53-19-10-8-16-44(50)53/h8-11,16-17,19-30,34-38,52H,6-7,12-15,18,31-33H2,1-5H3,(H3-,67,68,69,74,75,76,77,78,79)/p+1. The van der Waals surface area contributed by atoms with Crippen LogP contribution in [0.25, 0.3) is 66.4 Å². The lowest BCUT2D eigenvalue weighted by atomic mass is 9.89. The third-order valence-electron chi connectivity index (χ3n) is 15.4. The minimum Gasteiger partial charge on any atom is -0.478 e. The molecular formula is C65H63FN7O11S+. The van der Waals surface area contributed by atoms with Gasteiger partial charge in [-0.2, -0.15) is 8.42 Å². The number of aromatic carboxylic acids is 1. The predicted octanol–water partition coefficient (Wildman–Crippen LogP) is 9.17. The lowest BCUT2D eigenvalue weighted by Crippen LogP contribution is -2.42. The third kappa shape index (κ3) is 12.4. The third-order valence-corrected chi connectivity index (χ3v) is 16.2. The van der Waals surface area contributed by atoms with Gasteiger partial charge in [0.05, 0.1) is 34.3 Å². The highest BCUT2D eigenvalue weighted by molar-refractivity contribution is 7.86. The number of nitrogens with zero attached hydrogens (tertiary/aromatic N) is 4. The number of ether oxygens (including phenoxy) is 1. The summed E-state index contributed by atoms with van der Waals surface area (Å²) in [6, 6.07) is 34.5. The second-order valence-corrected chi connectivity index (χ2v) is 22.8. The van der Waals surface area contributed by atoms with Crippen molar-refractivity contribution in [2.24, 2.45) is 7.05 Å². The van der Waals surface area contributed by atoms with Crippen LogP contribution in [-0.4, -0.2) is 106 Å². The van der Waals surface area contributed by atoms with Crippen molar-refractivity contribution < 1.29 is 55.3 Å². The minimum atomic E-state index is -5.02. The van der Waals surface area contributed by atoms with Crippen molar-refractivity contribution in [2.75, 3.05) is 46.2 Å². The van der Waals surface area contributed by atoms with E-state index in [1.165, 1.54) is 6.07 Å². The summed E-state index contributed by atoms with van der Waals surface area (Å²) < 4.78 is 54.6. The smallest absolute Gasteiger partial charge is 0.336 e. The molecule has 0 bridgehead atoms. The molecule has 4 N–H and O–H groups in total. The molecule has 0 spiro atoms. The van der Waals surface area contributed by atoms with Crippen LogP contribution in [0, 0.1) is 0 Å². The molecule has 4 heterocycles. The zero-order valence-corrected chi connectivity index (χ0v) is 48.3. The van der Waals surface area contributed by atoms with E-state index in [1.807, 2.05) is 147 Å². The largest absolute Gasteiger partial charge is 0.478 e. The fourth-order valence-electron chi connectivity index (χ4n) is 11.0. The van der Waals surface area contributed by atoms with Crippen LogP contribution in [0.2, 0.25) is 0 Å². The number of benzene rings is 6. The fraction of sp³-hybridized carbons (Fsp3) is 0.246. The zero-order chi connectivity index (χ0) is 60.3. The van der Waals surface area contributed by atoms with Gasteiger partial charge in [0.1, 0.15) is 31.5 Å². The molecule has 0 radical (unpaired) electrons. The number of carbonyl (C=O) groups is 6. The summed E-state index contributed by atoms with van der Waals surface area (Å²) in [4.78, 5) is 82.0. The molecule has 3 aliphatic rings. The Bertz CT molecular complexity index is 4340. The number of esters is 1. The van der Waals surface area contributed by atoms with Crippen LogP contribution in [0.4, 0.5) is 9.57 Å². The Labute approximate surface area is 489 Å². The van der Waals surface area contributed by atoms with E-state index in [2.05, 4.69) is 20.5 Å². The van der Waals surface area contributed by atoms with Gasteiger partial charge in [-0.25, -0.2) is 14.2 Å². The summed E-state index contributed by atoms with van der Waals surface area (Å²) in [7, 11) is 4.53. The van der Waals surface area contributed by atoms with Gasteiger partial charge in [0, 0.05) is 125 Å². The average molecular weight is 1170 g/mol. The number of imide groups is 1. The maximum Gasteiger partial charge on any atom is 0.336 e. The van der Waals surface area contributed by atoms with E-state index in [4.69, 9.17) is 9.15 Å². The molecule has 2 aromatic heterocycles. The van der Waals surface area contributed by atoms with E-state index >= 15 is 0 Å². The van der Waals surface area contributed by atoms with Gasteiger partial charge in [0.2, 0.25) is 5.36 Å². The number of hydrogen-bond acceptors (Lipinski definition) is 11. The number of aromatic nitrogens is 2. The van der Waals surface area contributed by atoms with Crippen molar-refractivity contribution in [3.05, 3.63) is 173 Å². The Morgan fingerprint density at radius 2 is 1.38 bits per heavy atom. The van der Waals surface area contributed by atoms with Crippen LogP contribution in [0.5, 0.6) is 0 Å². The first-order valence-corrected chi connectivity index (χ1v) is 29.2. The molecule has 20 heteroatoms. The SMILES string of the molecule is CN(C)c1ccc2c(-c3ccc(C(=O)NCCCCC(NC(=O)c4ccc(S(=O)(=O)F)cc4)C(=O)OCCCCCCn4cc(C5=C(c6cn(C)c7ccccc67)C(=O)NC5=O)c5ccccc54)cc3C(=O)O)c3ccc(=[N+](C)C)cc-3oc2c1. The van der Waals surface area contributed by atoms with E-state index < -0.39 is 56.7 Å². The average Bonchev–Trinajstić information content (AvgIpc) is 3.07. The normalized spacial score (nSPS) is 13.0. The van der Waals surface area contributed by atoms with Crippen LogP contribution < -0.4 is 30.8 Å². The van der Waals surface area contributed by atoms with Gasteiger partial charge in [-0.3, -0.25) is 24.5 Å². The number of rotatable bonds is 22. The quantitative estimate of drug-likeness (QED) is 0.0124. The summed E-state index contributed by atoms with van der Waals surface area (Å²) in [5.74, 6) is -3.54. The monoisotopic (exact) mass is 1170 g/mol.